The van der Waals surface area contributed by atoms with Gasteiger partial charge in [-0.05, 0) is 12.1 Å². The van der Waals surface area contributed by atoms with Crippen LogP contribution in [-0.4, -0.2) is 45.4 Å². The third-order valence-electron chi connectivity index (χ3n) is 3.68. The molecule has 26 heavy (non-hydrogen) atoms. The van der Waals surface area contributed by atoms with Crippen LogP contribution in [0.5, 0.6) is 11.6 Å². The standard InChI is InChI=1S/C19H26N4O3/c1-20-19(22-13-15-7-4-5-9-17(15)25-3)23-14-16-8-6-10-21-18(16)26-12-11-24-2/h4-10H,11-14H2,1-3H3,(H2,20,22,23). The average Bonchev–Trinajstić information content (AvgIpc) is 2.69. The molecular weight excluding hydrogens is 332 g/mol. The maximum atomic E-state index is 5.65. The van der Waals surface area contributed by atoms with E-state index in [-0.39, 0.29) is 0 Å². The molecule has 0 amide bonds. The Morgan fingerprint density at radius 1 is 1.00 bits per heavy atom. The number of hydrogen-bond donors (Lipinski definition) is 2. The highest BCUT2D eigenvalue weighted by atomic mass is 16.5. The lowest BCUT2D eigenvalue weighted by Gasteiger charge is -2.15. The number of rotatable bonds is 9. The van der Waals surface area contributed by atoms with Crippen LogP contribution in [0.4, 0.5) is 0 Å². The summed E-state index contributed by atoms with van der Waals surface area (Å²) < 4.78 is 16.0. The van der Waals surface area contributed by atoms with E-state index in [0.717, 1.165) is 16.9 Å². The van der Waals surface area contributed by atoms with Gasteiger partial charge in [0.05, 0.1) is 13.7 Å². The number of nitrogens with zero attached hydrogens (tertiary/aromatic N) is 2. The summed E-state index contributed by atoms with van der Waals surface area (Å²) in [5, 5.41) is 6.55. The van der Waals surface area contributed by atoms with E-state index >= 15 is 0 Å². The topological polar surface area (TPSA) is 77.0 Å². The van der Waals surface area contributed by atoms with E-state index < -0.39 is 0 Å². The van der Waals surface area contributed by atoms with Crippen LogP contribution >= 0.6 is 0 Å². The van der Waals surface area contributed by atoms with E-state index in [1.807, 2.05) is 36.4 Å². The fourth-order valence-electron chi connectivity index (χ4n) is 2.34. The highest BCUT2D eigenvalue weighted by molar-refractivity contribution is 5.79. The fraction of sp³-hybridized carbons (Fsp3) is 0.368. The molecule has 0 radical (unpaired) electrons. The fourth-order valence-corrected chi connectivity index (χ4v) is 2.34. The van der Waals surface area contributed by atoms with Crippen molar-refractivity contribution in [1.82, 2.24) is 15.6 Å². The van der Waals surface area contributed by atoms with Gasteiger partial charge in [-0.1, -0.05) is 24.3 Å². The highest BCUT2D eigenvalue weighted by Gasteiger charge is 2.07. The Morgan fingerprint density at radius 2 is 1.73 bits per heavy atom. The molecule has 2 N–H and O–H groups in total. The molecule has 140 valence electrons. The summed E-state index contributed by atoms with van der Waals surface area (Å²) in [5.74, 6) is 2.12. The molecule has 0 bridgehead atoms. The van der Waals surface area contributed by atoms with Crippen LogP contribution in [0.1, 0.15) is 11.1 Å². The second-order valence-corrected chi connectivity index (χ2v) is 5.40. The van der Waals surface area contributed by atoms with E-state index in [1.165, 1.54) is 0 Å². The van der Waals surface area contributed by atoms with Gasteiger partial charge in [-0.25, -0.2) is 4.98 Å². The first-order valence-corrected chi connectivity index (χ1v) is 8.40. The van der Waals surface area contributed by atoms with Crippen molar-refractivity contribution in [2.45, 2.75) is 13.1 Å². The maximum Gasteiger partial charge on any atom is 0.218 e. The van der Waals surface area contributed by atoms with Crippen LogP contribution in [0.3, 0.4) is 0 Å². The van der Waals surface area contributed by atoms with Crippen LogP contribution < -0.4 is 20.1 Å². The van der Waals surface area contributed by atoms with Crippen LogP contribution in [0.25, 0.3) is 0 Å². The van der Waals surface area contributed by atoms with Gasteiger partial charge in [0.2, 0.25) is 5.88 Å². The summed E-state index contributed by atoms with van der Waals surface area (Å²) >= 11 is 0. The summed E-state index contributed by atoms with van der Waals surface area (Å²) in [5.41, 5.74) is 2.01. The first-order chi connectivity index (χ1) is 12.8. The van der Waals surface area contributed by atoms with Gasteiger partial charge in [-0.15, -0.1) is 0 Å². The number of aliphatic imine (C=N–C) groups is 1. The predicted molar refractivity (Wildman–Crippen MR) is 102 cm³/mol. The first kappa shape index (κ1) is 19.5. The minimum Gasteiger partial charge on any atom is -0.496 e. The van der Waals surface area contributed by atoms with Crippen LogP contribution in [0.2, 0.25) is 0 Å². The minimum absolute atomic E-state index is 0.460. The summed E-state index contributed by atoms with van der Waals surface area (Å²) in [6, 6.07) is 11.7. The molecular formula is C19H26N4O3. The van der Waals surface area contributed by atoms with Crippen molar-refractivity contribution in [3.63, 3.8) is 0 Å². The molecule has 0 aliphatic rings. The number of nitrogens with one attached hydrogen (secondary N) is 2. The van der Waals surface area contributed by atoms with Crippen molar-refractivity contribution in [3.8, 4) is 11.6 Å². The van der Waals surface area contributed by atoms with Crippen molar-refractivity contribution in [2.75, 3.05) is 34.5 Å². The maximum absolute atomic E-state index is 5.65. The molecule has 7 nitrogen and oxygen atoms in total. The predicted octanol–water partition coefficient (Wildman–Crippen LogP) is 1.98. The Bertz CT molecular complexity index is 707. The number of benzene rings is 1. The van der Waals surface area contributed by atoms with E-state index in [2.05, 4.69) is 20.6 Å². The highest BCUT2D eigenvalue weighted by Crippen LogP contribution is 2.17. The molecule has 2 aromatic rings. The van der Waals surface area contributed by atoms with Crippen molar-refractivity contribution >= 4 is 5.96 Å². The molecule has 0 unspecified atom stereocenters. The van der Waals surface area contributed by atoms with Crippen molar-refractivity contribution in [1.29, 1.82) is 0 Å². The number of methoxy groups -OCH3 is 2. The number of ether oxygens (including phenoxy) is 3. The zero-order valence-electron chi connectivity index (χ0n) is 15.5. The van der Waals surface area contributed by atoms with Gasteiger partial charge in [0, 0.05) is 44.6 Å². The van der Waals surface area contributed by atoms with E-state index in [0.29, 0.717) is 38.1 Å². The van der Waals surface area contributed by atoms with Gasteiger partial charge in [-0.3, -0.25) is 4.99 Å². The normalized spacial score (nSPS) is 11.1. The molecule has 1 heterocycles. The summed E-state index contributed by atoms with van der Waals surface area (Å²) in [6.07, 6.45) is 1.71. The second kappa shape index (κ2) is 10.9. The van der Waals surface area contributed by atoms with Crippen molar-refractivity contribution in [3.05, 3.63) is 53.7 Å². The quantitative estimate of drug-likeness (QED) is 0.405. The average molecular weight is 358 g/mol. The van der Waals surface area contributed by atoms with E-state index in [9.17, 15) is 0 Å². The van der Waals surface area contributed by atoms with E-state index in [4.69, 9.17) is 14.2 Å². The third-order valence-corrected chi connectivity index (χ3v) is 3.68. The zero-order valence-corrected chi connectivity index (χ0v) is 15.5. The lowest BCUT2D eigenvalue weighted by molar-refractivity contribution is 0.143. The molecule has 1 aromatic carbocycles. The van der Waals surface area contributed by atoms with Crippen molar-refractivity contribution in [2.24, 2.45) is 4.99 Å². The molecule has 7 heteroatoms. The van der Waals surface area contributed by atoms with Crippen molar-refractivity contribution < 1.29 is 14.2 Å². The van der Waals surface area contributed by atoms with Crippen LogP contribution in [0, 0.1) is 0 Å². The largest absolute Gasteiger partial charge is 0.496 e. The smallest absolute Gasteiger partial charge is 0.218 e. The van der Waals surface area contributed by atoms with Gasteiger partial charge in [-0.2, -0.15) is 0 Å². The molecule has 1 aromatic heterocycles. The third kappa shape index (κ3) is 5.93. The number of hydrogen-bond acceptors (Lipinski definition) is 5. The first-order valence-electron chi connectivity index (χ1n) is 8.40. The lowest BCUT2D eigenvalue weighted by atomic mass is 10.2. The number of guanidine groups is 1. The summed E-state index contributed by atoms with van der Waals surface area (Å²) in [6.45, 7) is 2.13. The molecule has 0 saturated heterocycles. The van der Waals surface area contributed by atoms with E-state index in [1.54, 1.807) is 27.5 Å². The molecule has 0 aliphatic heterocycles. The zero-order chi connectivity index (χ0) is 18.6. The number of pyridine rings is 1. The molecule has 2 rings (SSSR count). The Morgan fingerprint density at radius 3 is 2.46 bits per heavy atom. The van der Waals surface area contributed by atoms with Gasteiger partial charge in [0.15, 0.2) is 5.96 Å². The van der Waals surface area contributed by atoms with Gasteiger partial charge in [0.25, 0.3) is 0 Å². The molecule has 0 spiro atoms. The number of para-hydroxylation sites is 1. The second-order valence-electron chi connectivity index (χ2n) is 5.40. The number of aromatic nitrogens is 1. The van der Waals surface area contributed by atoms with Gasteiger partial charge >= 0.3 is 0 Å². The van der Waals surface area contributed by atoms with Gasteiger partial charge in [0.1, 0.15) is 12.4 Å². The molecule has 0 atom stereocenters. The Kier molecular flexibility index (Phi) is 8.21. The van der Waals surface area contributed by atoms with Gasteiger partial charge < -0.3 is 24.8 Å². The Balaban J connectivity index is 1.91. The Labute approximate surface area is 154 Å². The summed E-state index contributed by atoms with van der Waals surface area (Å²) in [4.78, 5) is 8.53. The lowest BCUT2D eigenvalue weighted by Crippen LogP contribution is -2.36. The molecule has 0 fully saturated rings. The minimum atomic E-state index is 0.460. The molecule has 0 aliphatic carbocycles. The summed E-state index contributed by atoms with van der Waals surface area (Å²) in [7, 11) is 5.04. The van der Waals surface area contributed by atoms with Crippen LogP contribution in [-0.2, 0) is 17.8 Å². The Hall–Kier alpha value is -2.80. The SMILES string of the molecule is CN=C(NCc1ccccc1OC)NCc1cccnc1OCCOC. The van der Waals surface area contributed by atoms with Crippen LogP contribution in [0.15, 0.2) is 47.6 Å². The molecule has 0 saturated carbocycles. The monoisotopic (exact) mass is 358 g/mol.